The lowest BCUT2D eigenvalue weighted by Crippen LogP contribution is -2.69. The first-order valence-corrected chi connectivity index (χ1v) is 10.3. The number of rotatable bonds is 3. The van der Waals surface area contributed by atoms with Gasteiger partial charge in [-0.3, -0.25) is 4.90 Å². The molecule has 5 nitrogen and oxygen atoms in total. The summed E-state index contributed by atoms with van der Waals surface area (Å²) in [6.45, 7) is 6.64. The van der Waals surface area contributed by atoms with Gasteiger partial charge in [-0.1, -0.05) is 37.3 Å². The van der Waals surface area contributed by atoms with Crippen LogP contribution in [-0.4, -0.2) is 21.1 Å². The standard InChI is InChI=1S/C24H23N5/c1-3-23-12-13-24(23,4-2)22-28(18-10-6-5-9-17(18)23)19-15-25-16-27-21(19)29(22)20-11-7-8-14-26-20/h3,5-11,14-16,22H,1,4,12-13H2,2H3. The Kier molecular flexibility index (Phi) is 3.26. The van der Waals surface area contributed by atoms with Crippen LogP contribution in [0.2, 0.25) is 0 Å². The first-order valence-electron chi connectivity index (χ1n) is 10.3. The van der Waals surface area contributed by atoms with Gasteiger partial charge in [-0.2, -0.15) is 0 Å². The van der Waals surface area contributed by atoms with E-state index in [9.17, 15) is 0 Å². The fraction of sp³-hybridized carbons (Fsp3) is 0.292. The smallest absolute Gasteiger partial charge is 0.163 e. The van der Waals surface area contributed by atoms with E-state index in [-0.39, 0.29) is 17.0 Å². The molecule has 3 aromatic rings. The van der Waals surface area contributed by atoms with E-state index < -0.39 is 0 Å². The Labute approximate surface area is 170 Å². The largest absolute Gasteiger partial charge is 0.315 e. The van der Waals surface area contributed by atoms with Gasteiger partial charge in [0.1, 0.15) is 24.0 Å². The molecule has 0 radical (unpaired) electrons. The van der Waals surface area contributed by atoms with E-state index in [1.807, 2.05) is 24.5 Å². The quantitative estimate of drug-likeness (QED) is 0.590. The van der Waals surface area contributed by atoms with E-state index in [4.69, 9.17) is 9.97 Å². The third-order valence-corrected chi connectivity index (χ3v) is 7.52. The molecular formula is C24H23N5. The highest BCUT2D eigenvalue weighted by atomic mass is 15.5. The zero-order valence-corrected chi connectivity index (χ0v) is 16.5. The summed E-state index contributed by atoms with van der Waals surface area (Å²) in [5.41, 5.74) is 3.64. The zero-order chi connectivity index (χ0) is 19.6. The molecule has 0 saturated heterocycles. The minimum absolute atomic E-state index is 0.0291. The number of hydrogen-bond acceptors (Lipinski definition) is 5. The molecule has 1 aliphatic carbocycles. The molecule has 0 spiro atoms. The second-order valence-electron chi connectivity index (χ2n) is 8.24. The van der Waals surface area contributed by atoms with Crippen LogP contribution in [0.25, 0.3) is 0 Å². The summed E-state index contributed by atoms with van der Waals surface area (Å²) in [7, 11) is 0. The number of anilines is 4. The fourth-order valence-corrected chi connectivity index (χ4v) is 6.15. The first kappa shape index (κ1) is 16.7. The molecule has 2 aliphatic heterocycles. The SMILES string of the molecule is C=CC12CCC1(CC)C1N(c3ccccc32)c2cncnc2N1c1ccccn1. The third-order valence-electron chi connectivity index (χ3n) is 7.52. The van der Waals surface area contributed by atoms with E-state index in [0.29, 0.717) is 0 Å². The van der Waals surface area contributed by atoms with Crippen LogP contribution in [0.15, 0.2) is 73.8 Å². The fourth-order valence-electron chi connectivity index (χ4n) is 6.15. The van der Waals surface area contributed by atoms with Crippen molar-refractivity contribution >= 4 is 23.0 Å². The van der Waals surface area contributed by atoms with E-state index in [2.05, 4.69) is 64.7 Å². The monoisotopic (exact) mass is 381 g/mol. The number of hydrogen-bond donors (Lipinski definition) is 0. The van der Waals surface area contributed by atoms with Crippen LogP contribution in [0.5, 0.6) is 0 Å². The van der Waals surface area contributed by atoms with Crippen molar-refractivity contribution in [2.45, 2.75) is 37.8 Å². The Balaban J connectivity index is 1.70. The molecule has 3 atom stereocenters. The number of allylic oxidation sites excluding steroid dienone is 1. The molecule has 3 aliphatic rings. The van der Waals surface area contributed by atoms with Crippen molar-refractivity contribution in [2.24, 2.45) is 5.41 Å². The number of pyridine rings is 1. The molecule has 4 heterocycles. The molecule has 1 saturated carbocycles. The number of aromatic nitrogens is 3. The molecule has 6 rings (SSSR count). The lowest BCUT2D eigenvalue weighted by atomic mass is 9.43. The van der Waals surface area contributed by atoms with Gasteiger partial charge in [0.2, 0.25) is 0 Å². The van der Waals surface area contributed by atoms with Crippen LogP contribution in [0, 0.1) is 5.41 Å². The molecule has 29 heavy (non-hydrogen) atoms. The lowest BCUT2D eigenvalue weighted by molar-refractivity contribution is -0.00888. The Morgan fingerprint density at radius 3 is 2.66 bits per heavy atom. The summed E-state index contributed by atoms with van der Waals surface area (Å²) in [6, 6.07) is 14.9. The van der Waals surface area contributed by atoms with Gasteiger partial charge >= 0.3 is 0 Å². The highest BCUT2D eigenvalue weighted by Crippen LogP contribution is 2.71. The minimum atomic E-state index is -0.0397. The van der Waals surface area contributed by atoms with Gasteiger partial charge in [-0.05, 0) is 43.0 Å². The van der Waals surface area contributed by atoms with E-state index in [1.54, 1.807) is 6.33 Å². The van der Waals surface area contributed by atoms with Crippen LogP contribution in [0.1, 0.15) is 31.7 Å². The highest BCUT2D eigenvalue weighted by molar-refractivity contribution is 5.88. The van der Waals surface area contributed by atoms with Crippen molar-refractivity contribution in [3.8, 4) is 0 Å². The molecule has 0 amide bonds. The minimum Gasteiger partial charge on any atom is -0.315 e. The van der Waals surface area contributed by atoms with Crippen molar-refractivity contribution in [3.63, 3.8) is 0 Å². The zero-order valence-electron chi connectivity index (χ0n) is 16.5. The Hall–Kier alpha value is -3.21. The molecule has 3 unspecified atom stereocenters. The van der Waals surface area contributed by atoms with Crippen molar-refractivity contribution in [1.82, 2.24) is 15.0 Å². The van der Waals surface area contributed by atoms with E-state index in [0.717, 1.165) is 36.6 Å². The highest BCUT2D eigenvalue weighted by Gasteiger charge is 2.69. The topological polar surface area (TPSA) is 45.2 Å². The molecule has 144 valence electrons. The van der Waals surface area contributed by atoms with Crippen LogP contribution < -0.4 is 9.80 Å². The Bertz CT molecular complexity index is 1110. The van der Waals surface area contributed by atoms with Crippen LogP contribution >= 0.6 is 0 Å². The normalized spacial score (nSPS) is 28.7. The van der Waals surface area contributed by atoms with Gasteiger partial charge in [0.15, 0.2) is 5.82 Å². The molecule has 5 heteroatoms. The van der Waals surface area contributed by atoms with Crippen molar-refractivity contribution < 1.29 is 0 Å². The number of fused-ring (bicyclic) bond motifs is 8. The predicted octanol–water partition coefficient (Wildman–Crippen LogP) is 5.12. The van der Waals surface area contributed by atoms with Gasteiger partial charge in [0.25, 0.3) is 0 Å². The maximum absolute atomic E-state index is 4.72. The summed E-state index contributed by atoms with van der Waals surface area (Å²) in [5.74, 6) is 1.86. The summed E-state index contributed by atoms with van der Waals surface area (Å²) < 4.78 is 0. The summed E-state index contributed by atoms with van der Waals surface area (Å²) in [4.78, 5) is 18.6. The Morgan fingerprint density at radius 2 is 1.93 bits per heavy atom. The lowest BCUT2D eigenvalue weighted by Gasteiger charge is -2.67. The summed E-state index contributed by atoms with van der Waals surface area (Å²) >= 11 is 0. The molecule has 2 aromatic heterocycles. The number of nitrogens with zero attached hydrogens (tertiary/aromatic N) is 5. The summed E-state index contributed by atoms with van der Waals surface area (Å²) in [5, 5.41) is 0. The Morgan fingerprint density at radius 1 is 1.07 bits per heavy atom. The number of para-hydroxylation sites is 1. The third kappa shape index (κ3) is 1.79. The van der Waals surface area contributed by atoms with Gasteiger partial charge < -0.3 is 4.90 Å². The summed E-state index contributed by atoms with van der Waals surface area (Å²) in [6.07, 6.45) is 11.1. The van der Waals surface area contributed by atoms with Gasteiger partial charge in [0, 0.05) is 22.7 Å². The maximum atomic E-state index is 4.72. The van der Waals surface area contributed by atoms with Gasteiger partial charge in [-0.15, -0.1) is 6.58 Å². The molecule has 1 aromatic carbocycles. The molecule has 0 N–H and O–H groups in total. The van der Waals surface area contributed by atoms with Crippen molar-refractivity contribution in [1.29, 1.82) is 0 Å². The van der Waals surface area contributed by atoms with Crippen LogP contribution in [0.3, 0.4) is 0 Å². The molecule has 0 bridgehead atoms. The maximum Gasteiger partial charge on any atom is 0.163 e. The van der Waals surface area contributed by atoms with Crippen molar-refractivity contribution in [3.05, 3.63) is 79.4 Å². The number of benzene rings is 1. The van der Waals surface area contributed by atoms with Crippen molar-refractivity contribution in [2.75, 3.05) is 9.80 Å². The predicted molar refractivity (Wildman–Crippen MR) is 115 cm³/mol. The van der Waals surface area contributed by atoms with Crippen LogP contribution in [0.4, 0.5) is 23.0 Å². The molecular weight excluding hydrogens is 358 g/mol. The molecule has 1 fully saturated rings. The first-order chi connectivity index (χ1) is 14.3. The second kappa shape index (κ2) is 5.66. The van der Waals surface area contributed by atoms with Crippen LogP contribution in [-0.2, 0) is 5.41 Å². The second-order valence-corrected chi connectivity index (χ2v) is 8.24. The van der Waals surface area contributed by atoms with E-state index in [1.165, 1.54) is 11.3 Å². The average Bonchev–Trinajstić information content (AvgIpc) is 3.10. The van der Waals surface area contributed by atoms with Gasteiger partial charge in [0.05, 0.1) is 6.20 Å². The average molecular weight is 381 g/mol. The van der Waals surface area contributed by atoms with Gasteiger partial charge in [-0.25, -0.2) is 15.0 Å². The van der Waals surface area contributed by atoms with E-state index >= 15 is 0 Å².